The summed E-state index contributed by atoms with van der Waals surface area (Å²) in [6.07, 6.45) is -1.31. The Morgan fingerprint density at radius 1 is 1.11 bits per heavy atom. The molecule has 2 N–H and O–H groups in total. The number of ether oxygens (including phenoxy) is 1. The van der Waals surface area contributed by atoms with Crippen LogP contribution in [0.25, 0.3) is 0 Å². The Balaban J connectivity index is 2.04. The molecule has 0 unspecified atom stereocenters. The van der Waals surface area contributed by atoms with E-state index in [0.717, 1.165) is 15.5 Å². The number of anilines is 2. The predicted molar refractivity (Wildman–Crippen MR) is 68.9 cm³/mol. The van der Waals surface area contributed by atoms with Crippen molar-refractivity contribution in [2.24, 2.45) is 0 Å². The van der Waals surface area contributed by atoms with Crippen LogP contribution >= 0.6 is 11.8 Å². The van der Waals surface area contributed by atoms with Crippen LogP contribution in [0.2, 0.25) is 0 Å². The van der Waals surface area contributed by atoms with Gasteiger partial charge in [0.05, 0.1) is 11.4 Å². The molecule has 3 rings (SSSR count). The number of carboxylic acid groups (broad SMARTS) is 1. The quantitative estimate of drug-likeness (QED) is 0.512. The first-order valence-electron chi connectivity index (χ1n) is 5.32. The lowest BCUT2D eigenvalue weighted by atomic mass is 10.2. The molecule has 0 bridgehead atoms. The lowest BCUT2D eigenvalue weighted by Crippen LogP contribution is -2.07. The third-order valence-corrected chi connectivity index (χ3v) is 3.69. The van der Waals surface area contributed by atoms with Crippen LogP contribution in [-0.2, 0) is 0 Å². The molecule has 0 atom stereocenters. The highest BCUT2D eigenvalue weighted by Gasteiger charge is 2.19. The topological polar surface area (TPSA) is 58.6 Å². The standard InChI is InChI=1S/C13H9NO3S/c15-13(16)17-9-5-3-7-11-12(9)14-8-4-1-2-6-10(8)18-11/h1-7,14H,(H,15,16). The number of nitrogens with one attached hydrogen (secondary N) is 1. The van der Waals surface area contributed by atoms with Gasteiger partial charge in [-0.2, -0.15) is 0 Å². The van der Waals surface area contributed by atoms with Crippen molar-refractivity contribution in [3.63, 3.8) is 0 Å². The molecule has 0 fully saturated rings. The molecule has 2 aromatic rings. The number of carbonyl (C=O) groups is 1. The van der Waals surface area contributed by atoms with Crippen LogP contribution in [0.15, 0.2) is 52.3 Å². The molecule has 18 heavy (non-hydrogen) atoms. The van der Waals surface area contributed by atoms with Gasteiger partial charge in [-0.3, -0.25) is 0 Å². The summed E-state index contributed by atoms with van der Waals surface area (Å²) < 4.78 is 4.77. The summed E-state index contributed by atoms with van der Waals surface area (Å²) in [6.45, 7) is 0. The second-order valence-corrected chi connectivity index (χ2v) is 4.80. The number of hydrogen-bond acceptors (Lipinski definition) is 4. The molecule has 5 heteroatoms. The SMILES string of the molecule is O=C(O)Oc1cccc2c1Nc1ccccc1S2. The summed E-state index contributed by atoms with van der Waals surface area (Å²) in [5.74, 6) is 0.321. The largest absolute Gasteiger partial charge is 0.511 e. The van der Waals surface area contributed by atoms with Crippen LogP contribution < -0.4 is 10.1 Å². The van der Waals surface area contributed by atoms with Crippen molar-refractivity contribution < 1.29 is 14.6 Å². The van der Waals surface area contributed by atoms with E-state index in [1.165, 1.54) is 0 Å². The second-order valence-electron chi connectivity index (χ2n) is 3.72. The Bertz CT molecular complexity index is 627. The van der Waals surface area contributed by atoms with Gasteiger partial charge in [-0.25, -0.2) is 4.79 Å². The molecular formula is C13H9NO3S. The van der Waals surface area contributed by atoms with E-state index in [-0.39, 0.29) is 0 Å². The minimum Gasteiger partial charge on any atom is -0.449 e. The molecule has 1 aliphatic heterocycles. The highest BCUT2D eigenvalue weighted by Crippen LogP contribution is 2.47. The summed E-state index contributed by atoms with van der Waals surface area (Å²) in [7, 11) is 0. The third kappa shape index (κ3) is 1.89. The van der Waals surface area contributed by atoms with Crippen LogP contribution in [0.3, 0.4) is 0 Å². The minimum absolute atomic E-state index is 0.321. The van der Waals surface area contributed by atoms with Crippen molar-refractivity contribution >= 4 is 29.3 Å². The molecular weight excluding hydrogens is 250 g/mol. The second kappa shape index (κ2) is 4.27. The molecule has 1 heterocycles. The number of hydrogen-bond donors (Lipinski definition) is 2. The first-order valence-corrected chi connectivity index (χ1v) is 6.13. The van der Waals surface area contributed by atoms with E-state index in [1.807, 2.05) is 30.3 Å². The average Bonchev–Trinajstić information content (AvgIpc) is 2.36. The molecule has 0 saturated heterocycles. The van der Waals surface area contributed by atoms with Gasteiger partial charge in [-0.1, -0.05) is 30.0 Å². The van der Waals surface area contributed by atoms with E-state index in [0.29, 0.717) is 11.4 Å². The summed E-state index contributed by atoms with van der Waals surface area (Å²) in [4.78, 5) is 12.7. The summed E-state index contributed by atoms with van der Waals surface area (Å²) in [5, 5.41) is 11.9. The first kappa shape index (κ1) is 11.0. The molecule has 1 aliphatic rings. The maximum Gasteiger partial charge on any atom is 0.511 e. The van der Waals surface area contributed by atoms with E-state index < -0.39 is 6.16 Å². The smallest absolute Gasteiger partial charge is 0.449 e. The van der Waals surface area contributed by atoms with Crippen LogP contribution in [0.4, 0.5) is 16.2 Å². The molecule has 90 valence electrons. The molecule has 2 aromatic carbocycles. The van der Waals surface area contributed by atoms with Crippen molar-refractivity contribution in [3.05, 3.63) is 42.5 Å². The molecule has 0 radical (unpaired) electrons. The Labute approximate surface area is 108 Å². The summed E-state index contributed by atoms with van der Waals surface area (Å²) in [5.41, 5.74) is 1.65. The monoisotopic (exact) mass is 259 g/mol. The van der Waals surface area contributed by atoms with Gasteiger partial charge in [0.2, 0.25) is 0 Å². The number of benzene rings is 2. The van der Waals surface area contributed by atoms with E-state index in [1.54, 1.807) is 23.9 Å². The van der Waals surface area contributed by atoms with E-state index >= 15 is 0 Å². The number of para-hydroxylation sites is 2. The molecule has 4 nitrogen and oxygen atoms in total. The Hall–Kier alpha value is -2.14. The van der Waals surface area contributed by atoms with Crippen molar-refractivity contribution in [1.29, 1.82) is 0 Å². The van der Waals surface area contributed by atoms with Gasteiger partial charge in [0, 0.05) is 9.79 Å². The highest BCUT2D eigenvalue weighted by molar-refractivity contribution is 7.99. The maximum atomic E-state index is 10.6. The van der Waals surface area contributed by atoms with Crippen molar-refractivity contribution in [2.75, 3.05) is 5.32 Å². The molecule has 0 saturated carbocycles. The molecule has 0 amide bonds. The van der Waals surface area contributed by atoms with Crippen molar-refractivity contribution in [2.45, 2.75) is 9.79 Å². The van der Waals surface area contributed by atoms with Crippen LogP contribution in [-0.4, -0.2) is 11.3 Å². The Morgan fingerprint density at radius 2 is 1.89 bits per heavy atom. The summed E-state index contributed by atoms with van der Waals surface area (Å²) in [6, 6.07) is 13.2. The van der Waals surface area contributed by atoms with Crippen molar-refractivity contribution in [1.82, 2.24) is 0 Å². The zero-order valence-electron chi connectivity index (χ0n) is 9.21. The zero-order valence-corrected chi connectivity index (χ0v) is 10.0. The lowest BCUT2D eigenvalue weighted by molar-refractivity contribution is 0.144. The van der Waals surface area contributed by atoms with Crippen LogP contribution in [0, 0.1) is 0 Å². The maximum absolute atomic E-state index is 10.6. The molecule has 0 aliphatic carbocycles. The Kier molecular flexibility index (Phi) is 2.60. The van der Waals surface area contributed by atoms with Crippen LogP contribution in [0.1, 0.15) is 0 Å². The fourth-order valence-electron chi connectivity index (χ4n) is 1.81. The van der Waals surface area contributed by atoms with E-state index in [2.05, 4.69) is 5.32 Å². The number of fused-ring (bicyclic) bond motifs is 2. The molecule has 0 aromatic heterocycles. The average molecular weight is 259 g/mol. The van der Waals surface area contributed by atoms with Crippen LogP contribution in [0.5, 0.6) is 5.75 Å². The fourth-order valence-corrected chi connectivity index (χ4v) is 2.82. The summed E-state index contributed by atoms with van der Waals surface area (Å²) >= 11 is 1.59. The van der Waals surface area contributed by atoms with Gasteiger partial charge in [-0.05, 0) is 24.3 Å². The third-order valence-electron chi connectivity index (χ3n) is 2.55. The molecule has 0 spiro atoms. The predicted octanol–water partition coefficient (Wildman–Crippen LogP) is 3.95. The van der Waals surface area contributed by atoms with Gasteiger partial charge in [0.15, 0.2) is 5.75 Å². The van der Waals surface area contributed by atoms with Gasteiger partial charge in [0.25, 0.3) is 0 Å². The highest BCUT2D eigenvalue weighted by atomic mass is 32.2. The first-order chi connectivity index (χ1) is 8.74. The van der Waals surface area contributed by atoms with Gasteiger partial charge < -0.3 is 15.2 Å². The van der Waals surface area contributed by atoms with E-state index in [9.17, 15) is 4.79 Å². The number of rotatable bonds is 1. The lowest BCUT2D eigenvalue weighted by Gasteiger charge is -2.22. The normalized spacial score (nSPS) is 12.0. The van der Waals surface area contributed by atoms with Gasteiger partial charge in [-0.15, -0.1) is 0 Å². The zero-order chi connectivity index (χ0) is 12.5. The Morgan fingerprint density at radius 3 is 2.72 bits per heavy atom. The van der Waals surface area contributed by atoms with Gasteiger partial charge >= 0.3 is 6.16 Å². The van der Waals surface area contributed by atoms with Gasteiger partial charge in [0.1, 0.15) is 0 Å². The fraction of sp³-hybridized carbons (Fsp3) is 0. The van der Waals surface area contributed by atoms with E-state index in [4.69, 9.17) is 9.84 Å². The minimum atomic E-state index is -1.31. The van der Waals surface area contributed by atoms with Crippen molar-refractivity contribution in [3.8, 4) is 5.75 Å².